The number of likely N-dealkylation sites (tertiary alicyclic amines) is 1. The zero-order valence-corrected chi connectivity index (χ0v) is 16.3. The van der Waals surface area contributed by atoms with E-state index in [1.165, 1.54) is 0 Å². The Morgan fingerprint density at radius 2 is 2.04 bits per heavy atom. The average Bonchev–Trinajstić information content (AvgIpc) is 3.25. The van der Waals surface area contributed by atoms with Gasteiger partial charge in [0.15, 0.2) is 0 Å². The molecule has 8 heteroatoms. The Balaban J connectivity index is 1.84. The van der Waals surface area contributed by atoms with Gasteiger partial charge in [0.1, 0.15) is 10.6 Å². The van der Waals surface area contributed by atoms with Crippen LogP contribution >= 0.6 is 0 Å². The first kappa shape index (κ1) is 18.9. The van der Waals surface area contributed by atoms with Gasteiger partial charge >= 0.3 is 0 Å². The number of H-pyrrole nitrogens is 1. The highest BCUT2D eigenvalue weighted by Crippen LogP contribution is 2.28. The summed E-state index contributed by atoms with van der Waals surface area (Å²) in [6.07, 6.45) is 2.26. The second-order valence-corrected chi connectivity index (χ2v) is 8.35. The van der Waals surface area contributed by atoms with Crippen LogP contribution in [0.2, 0.25) is 0 Å². The molecule has 7 nitrogen and oxygen atoms in total. The smallest absolute Gasteiger partial charge is 0.244 e. The molecule has 2 N–H and O–H groups in total. The van der Waals surface area contributed by atoms with Crippen molar-refractivity contribution in [2.45, 2.75) is 37.6 Å². The highest BCUT2D eigenvalue weighted by Gasteiger charge is 2.28. The topological polar surface area (TPSA) is 87.3 Å². The van der Waals surface area contributed by atoms with Crippen LogP contribution in [-0.2, 0) is 10.0 Å². The highest BCUT2D eigenvalue weighted by atomic mass is 32.2. The Bertz CT molecular complexity index is 838. The molecule has 0 bridgehead atoms. The van der Waals surface area contributed by atoms with Gasteiger partial charge in [-0.1, -0.05) is 12.1 Å². The van der Waals surface area contributed by atoms with Crippen LogP contribution in [0.4, 0.5) is 0 Å². The van der Waals surface area contributed by atoms with E-state index in [0.29, 0.717) is 17.9 Å². The number of ether oxygens (including phenoxy) is 1. The largest absolute Gasteiger partial charge is 0.497 e. The molecular weight excluding hydrogens is 352 g/mol. The number of sulfonamides is 1. The fourth-order valence-electron chi connectivity index (χ4n) is 3.56. The van der Waals surface area contributed by atoms with Crippen LogP contribution in [0.1, 0.15) is 35.8 Å². The molecule has 0 radical (unpaired) electrons. The Morgan fingerprint density at radius 1 is 1.31 bits per heavy atom. The summed E-state index contributed by atoms with van der Waals surface area (Å²) in [5, 5.41) is 6.73. The molecule has 0 unspecified atom stereocenters. The van der Waals surface area contributed by atoms with Gasteiger partial charge < -0.3 is 4.74 Å². The molecule has 1 atom stereocenters. The van der Waals surface area contributed by atoms with Gasteiger partial charge in [0.05, 0.1) is 18.5 Å². The van der Waals surface area contributed by atoms with Crippen LogP contribution in [0.15, 0.2) is 29.2 Å². The quantitative estimate of drug-likeness (QED) is 0.771. The molecule has 1 aliphatic heterocycles. The monoisotopic (exact) mass is 378 g/mol. The molecule has 1 fully saturated rings. The zero-order chi connectivity index (χ0) is 18.7. The van der Waals surface area contributed by atoms with Crippen molar-refractivity contribution in [2.75, 3.05) is 26.7 Å². The Kier molecular flexibility index (Phi) is 5.64. The second-order valence-electron chi connectivity index (χ2n) is 6.65. The van der Waals surface area contributed by atoms with E-state index in [1.807, 2.05) is 24.3 Å². The van der Waals surface area contributed by atoms with Crippen molar-refractivity contribution in [1.29, 1.82) is 0 Å². The van der Waals surface area contributed by atoms with Crippen LogP contribution in [0.25, 0.3) is 0 Å². The lowest BCUT2D eigenvalue weighted by molar-refractivity contribution is 0.246. The van der Waals surface area contributed by atoms with Crippen molar-refractivity contribution < 1.29 is 13.2 Å². The van der Waals surface area contributed by atoms with Crippen molar-refractivity contribution in [3.05, 3.63) is 41.2 Å². The Labute approximate surface area is 154 Å². The molecular formula is C18H26N4O3S. The van der Waals surface area contributed by atoms with E-state index in [1.54, 1.807) is 21.0 Å². The lowest BCUT2D eigenvalue weighted by atomic mass is 10.1. The number of nitrogens with zero attached hydrogens (tertiary/aromatic N) is 2. The molecule has 1 saturated heterocycles. The van der Waals surface area contributed by atoms with E-state index in [0.717, 1.165) is 37.2 Å². The van der Waals surface area contributed by atoms with Crippen LogP contribution in [0, 0.1) is 13.8 Å². The number of benzene rings is 1. The maximum Gasteiger partial charge on any atom is 0.244 e. The van der Waals surface area contributed by atoms with E-state index in [9.17, 15) is 8.42 Å². The number of rotatable bonds is 7. The van der Waals surface area contributed by atoms with Crippen molar-refractivity contribution in [2.24, 2.45) is 0 Å². The molecule has 0 amide bonds. The Hall–Kier alpha value is -1.90. The number of hydrogen-bond acceptors (Lipinski definition) is 5. The highest BCUT2D eigenvalue weighted by molar-refractivity contribution is 7.89. The maximum absolute atomic E-state index is 12.8. The molecule has 0 spiro atoms. The number of aryl methyl sites for hydroxylation is 2. The van der Waals surface area contributed by atoms with Crippen LogP contribution in [0.5, 0.6) is 5.75 Å². The number of aromatic nitrogens is 2. The van der Waals surface area contributed by atoms with Gasteiger partial charge in [0.2, 0.25) is 10.0 Å². The van der Waals surface area contributed by atoms with Gasteiger partial charge in [-0.15, -0.1) is 0 Å². The number of aromatic amines is 1. The minimum absolute atomic E-state index is 0.0325. The third kappa shape index (κ3) is 3.92. The summed E-state index contributed by atoms with van der Waals surface area (Å²) in [5.74, 6) is 0.774. The van der Waals surface area contributed by atoms with E-state index in [-0.39, 0.29) is 10.9 Å². The summed E-state index contributed by atoms with van der Waals surface area (Å²) in [4.78, 5) is 2.56. The lowest BCUT2D eigenvalue weighted by Gasteiger charge is -2.28. The first-order valence-corrected chi connectivity index (χ1v) is 10.3. The fraction of sp³-hybridized carbons (Fsp3) is 0.500. The second kappa shape index (κ2) is 7.77. The van der Waals surface area contributed by atoms with Crippen LogP contribution in [-0.4, -0.2) is 50.3 Å². The molecule has 0 saturated carbocycles. The summed E-state index contributed by atoms with van der Waals surface area (Å²) < 4.78 is 33.7. The standard InChI is InChI=1S/C18H26N4O3S/c1-13-18(14(2)21-20-13)26(23,24)19-12-17(22-9-4-5-10-22)15-7-6-8-16(11-15)25-3/h6-8,11,17,19H,4-5,9-10,12H2,1-3H3,(H,20,21)/t17-/m0/s1. The summed E-state index contributed by atoms with van der Waals surface area (Å²) in [5.41, 5.74) is 2.08. The van der Waals surface area contributed by atoms with Crippen molar-refractivity contribution in [3.63, 3.8) is 0 Å². The molecule has 1 aliphatic rings. The third-order valence-corrected chi connectivity index (χ3v) is 6.54. The summed E-state index contributed by atoms with van der Waals surface area (Å²) in [7, 11) is -1.99. The maximum atomic E-state index is 12.8. The van der Waals surface area contributed by atoms with Gasteiger partial charge in [-0.2, -0.15) is 5.10 Å². The fourth-order valence-corrected chi connectivity index (χ4v) is 4.96. The van der Waals surface area contributed by atoms with E-state index < -0.39 is 10.0 Å². The van der Waals surface area contributed by atoms with E-state index in [2.05, 4.69) is 19.8 Å². The van der Waals surface area contributed by atoms with Crippen molar-refractivity contribution >= 4 is 10.0 Å². The third-order valence-electron chi connectivity index (χ3n) is 4.86. The van der Waals surface area contributed by atoms with Gasteiger partial charge in [0.25, 0.3) is 0 Å². The summed E-state index contributed by atoms with van der Waals surface area (Å²) in [6, 6.07) is 7.80. The average molecular weight is 378 g/mol. The van der Waals surface area contributed by atoms with Gasteiger partial charge in [-0.05, 0) is 57.5 Å². The summed E-state index contributed by atoms with van der Waals surface area (Å²) >= 11 is 0. The molecule has 1 aromatic heterocycles. The minimum atomic E-state index is -3.63. The zero-order valence-electron chi connectivity index (χ0n) is 15.4. The van der Waals surface area contributed by atoms with Crippen molar-refractivity contribution in [1.82, 2.24) is 19.8 Å². The molecule has 3 rings (SSSR count). The predicted octanol–water partition coefficient (Wildman–Crippen LogP) is 2.15. The molecule has 1 aromatic carbocycles. The molecule has 0 aliphatic carbocycles. The SMILES string of the molecule is COc1cccc([C@H](CNS(=O)(=O)c2c(C)n[nH]c2C)N2CCCC2)c1. The normalized spacial score (nSPS) is 16.7. The van der Waals surface area contributed by atoms with Gasteiger partial charge in [-0.3, -0.25) is 10.00 Å². The van der Waals surface area contributed by atoms with E-state index in [4.69, 9.17) is 4.74 Å². The van der Waals surface area contributed by atoms with Gasteiger partial charge in [0, 0.05) is 12.6 Å². The predicted molar refractivity (Wildman–Crippen MR) is 99.8 cm³/mol. The molecule has 2 heterocycles. The van der Waals surface area contributed by atoms with Gasteiger partial charge in [-0.25, -0.2) is 13.1 Å². The first-order valence-electron chi connectivity index (χ1n) is 8.81. The molecule has 2 aromatic rings. The first-order chi connectivity index (χ1) is 12.4. The van der Waals surface area contributed by atoms with Crippen molar-refractivity contribution in [3.8, 4) is 5.75 Å². The lowest BCUT2D eigenvalue weighted by Crippen LogP contribution is -2.37. The Morgan fingerprint density at radius 3 is 2.65 bits per heavy atom. The summed E-state index contributed by atoms with van der Waals surface area (Å²) in [6.45, 7) is 5.65. The number of methoxy groups -OCH3 is 1. The molecule has 142 valence electrons. The number of hydrogen-bond donors (Lipinski definition) is 2. The number of nitrogens with one attached hydrogen (secondary N) is 2. The van der Waals surface area contributed by atoms with E-state index >= 15 is 0 Å². The van der Waals surface area contributed by atoms with Crippen LogP contribution < -0.4 is 9.46 Å². The molecule has 26 heavy (non-hydrogen) atoms. The van der Waals surface area contributed by atoms with Crippen LogP contribution in [0.3, 0.4) is 0 Å². The minimum Gasteiger partial charge on any atom is -0.497 e.